The summed E-state index contributed by atoms with van der Waals surface area (Å²) in [7, 11) is 0. The van der Waals surface area contributed by atoms with Crippen molar-refractivity contribution in [2.75, 3.05) is 6.54 Å². The fourth-order valence-electron chi connectivity index (χ4n) is 3.79. The molecule has 1 N–H and O–H groups in total. The summed E-state index contributed by atoms with van der Waals surface area (Å²) in [5, 5.41) is 2.90. The molecule has 1 aliphatic carbocycles. The van der Waals surface area contributed by atoms with Crippen LogP contribution in [0.3, 0.4) is 0 Å². The van der Waals surface area contributed by atoms with Gasteiger partial charge in [0, 0.05) is 12.5 Å². The summed E-state index contributed by atoms with van der Waals surface area (Å²) in [6.07, 6.45) is 5.56. The number of carbonyl (C=O) groups excluding carboxylic acids is 2. The van der Waals surface area contributed by atoms with E-state index in [0.717, 1.165) is 12.8 Å². The Balaban J connectivity index is 1.65. The summed E-state index contributed by atoms with van der Waals surface area (Å²) in [4.78, 5) is 24.9. The first-order valence-corrected chi connectivity index (χ1v) is 8.50. The third kappa shape index (κ3) is 3.23. The lowest BCUT2D eigenvalue weighted by atomic mass is 9.75. The van der Waals surface area contributed by atoms with Crippen LogP contribution in [-0.4, -0.2) is 18.2 Å². The first-order chi connectivity index (χ1) is 10.6. The molecule has 3 nitrogen and oxygen atoms in total. The van der Waals surface area contributed by atoms with Crippen molar-refractivity contribution in [3.05, 3.63) is 35.9 Å². The molecule has 0 spiro atoms. The molecule has 0 bridgehead atoms. The van der Waals surface area contributed by atoms with Crippen LogP contribution in [0.4, 0.5) is 0 Å². The van der Waals surface area contributed by atoms with Crippen molar-refractivity contribution in [2.45, 2.75) is 39.0 Å². The molecule has 3 heteroatoms. The Hall–Kier alpha value is -1.64. The minimum absolute atomic E-state index is 0.0115. The first-order valence-electron chi connectivity index (χ1n) is 8.50. The average Bonchev–Trinajstić information content (AvgIpc) is 2.84. The molecule has 1 aliphatic heterocycles. The quantitative estimate of drug-likeness (QED) is 0.821. The molecule has 0 radical (unpaired) electrons. The van der Waals surface area contributed by atoms with Crippen molar-refractivity contribution in [1.29, 1.82) is 0 Å². The number of nitrogens with one attached hydrogen (secondary N) is 1. The van der Waals surface area contributed by atoms with Crippen LogP contribution in [0, 0.1) is 23.7 Å². The molecule has 0 aromatic heterocycles. The van der Waals surface area contributed by atoms with Crippen LogP contribution in [0.2, 0.25) is 0 Å². The smallest absolute Gasteiger partial charge is 0.230 e. The largest absolute Gasteiger partial charge is 0.355 e. The van der Waals surface area contributed by atoms with Crippen molar-refractivity contribution in [3.63, 3.8) is 0 Å². The van der Waals surface area contributed by atoms with E-state index >= 15 is 0 Å². The maximum absolute atomic E-state index is 12.8. The minimum atomic E-state index is -0.449. The first kappa shape index (κ1) is 15.3. The highest BCUT2D eigenvalue weighted by atomic mass is 16.2. The zero-order valence-electron chi connectivity index (χ0n) is 13.3. The molecule has 3 atom stereocenters. The maximum Gasteiger partial charge on any atom is 0.230 e. The summed E-state index contributed by atoms with van der Waals surface area (Å²) >= 11 is 0. The van der Waals surface area contributed by atoms with Gasteiger partial charge < -0.3 is 5.32 Å². The second-order valence-corrected chi connectivity index (χ2v) is 7.01. The number of rotatable bonds is 6. The van der Waals surface area contributed by atoms with Gasteiger partial charge >= 0.3 is 0 Å². The van der Waals surface area contributed by atoms with Crippen LogP contribution in [0.15, 0.2) is 30.3 Å². The second kappa shape index (κ2) is 6.64. The van der Waals surface area contributed by atoms with E-state index in [9.17, 15) is 9.59 Å². The van der Waals surface area contributed by atoms with Gasteiger partial charge in [0.05, 0.1) is 0 Å². The van der Waals surface area contributed by atoms with Gasteiger partial charge in [-0.25, -0.2) is 0 Å². The summed E-state index contributed by atoms with van der Waals surface area (Å²) in [5.74, 6) is 0.462. The van der Waals surface area contributed by atoms with E-state index in [1.165, 1.54) is 24.8 Å². The number of benzene rings is 1. The van der Waals surface area contributed by atoms with Gasteiger partial charge in [-0.15, -0.1) is 0 Å². The van der Waals surface area contributed by atoms with E-state index in [4.69, 9.17) is 0 Å². The monoisotopic (exact) mass is 299 g/mol. The van der Waals surface area contributed by atoms with E-state index in [1.807, 2.05) is 25.1 Å². The topological polar surface area (TPSA) is 46.2 Å². The number of ketones is 1. The molecule has 1 heterocycles. The van der Waals surface area contributed by atoms with Gasteiger partial charge in [0.1, 0.15) is 11.7 Å². The zero-order chi connectivity index (χ0) is 15.5. The molecule has 1 unspecified atom stereocenters. The van der Waals surface area contributed by atoms with Crippen molar-refractivity contribution >= 4 is 11.7 Å². The van der Waals surface area contributed by atoms with Gasteiger partial charge in [-0.05, 0) is 30.2 Å². The Kier molecular flexibility index (Phi) is 4.60. The third-order valence-corrected chi connectivity index (χ3v) is 5.34. The SMILES string of the molecule is C[C@H](CC1CCC1)C(=O)[C@@H]1C(=O)NCC1Cc1ccccc1. The van der Waals surface area contributed by atoms with Crippen LogP contribution in [0.5, 0.6) is 0 Å². The van der Waals surface area contributed by atoms with Crippen LogP contribution < -0.4 is 5.32 Å². The number of Topliss-reactive ketones (excluding diaryl/α,β-unsaturated/α-hetero) is 1. The molecule has 2 fully saturated rings. The number of hydrogen-bond acceptors (Lipinski definition) is 2. The van der Waals surface area contributed by atoms with Gasteiger partial charge in [0.15, 0.2) is 0 Å². The lowest BCUT2D eigenvalue weighted by Gasteiger charge is -2.29. The minimum Gasteiger partial charge on any atom is -0.355 e. The molecule has 118 valence electrons. The van der Waals surface area contributed by atoms with E-state index in [1.54, 1.807) is 0 Å². The third-order valence-electron chi connectivity index (χ3n) is 5.34. The van der Waals surface area contributed by atoms with Gasteiger partial charge in [0.25, 0.3) is 0 Å². The fourth-order valence-corrected chi connectivity index (χ4v) is 3.79. The maximum atomic E-state index is 12.8. The Labute approximate surface area is 132 Å². The van der Waals surface area contributed by atoms with Gasteiger partial charge in [-0.3, -0.25) is 9.59 Å². The van der Waals surface area contributed by atoms with Crippen molar-refractivity contribution < 1.29 is 9.59 Å². The van der Waals surface area contributed by atoms with Crippen molar-refractivity contribution in [1.82, 2.24) is 5.32 Å². The van der Waals surface area contributed by atoms with E-state index in [-0.39, 0.29) is 23.5 Å². The van der Waals surface area contributed by atoms with Gasteiger partial charge in [0.2, 0.25) is 5.91 Å². The number of carbonyl (C=O) groups is 2. The lowest BCUT2D eigenvalue weighted by molar-refractivity contribution is -0.135. The van der Waals surface area contributed by atoms with Crippen molar-refractivity contribution in [2.24, 2.45) is 23.7 Å². The Morgan fingerprint density at radius 1 is 1.27 bits per heavy atom. The van der Waals surface area contributed by atoms with Crippen LogP contribution in [-0.2, 0) is 16.0 Å². The normalized spacial score (nSPS) is 26.3. The lowest BCUT2D eigenvalue weighted by Crippen LogP contribution is -2.33. The van der Waals surface area contributed by atoms with E-state index < -0.39 is 5.92 Å². The molecule has 22 heavy (non-hydrogen) atoms. The molecule has 1 aromatic rings. The van der Waals surface area contributed by atoms with Crippen LogP contribution in [0.1, 0.15) is 38.2 Å². The molecule has 2 aliphatic rings. The number of hydrogen-bond donors (Lipinski definition) is 1. The summed E-state index contributed by atoms with van der Waals surface area (Å²) in [5.41, 5.74) is 1.20. The summed E-state index contributed by atoms with van der Waals surface area (Å²) < 4.78 is 0. The van der Waals surface area contributed by atoms with E-state index in [2.05, 4.69) is 17.4 Å². The summed E-state index contributed by atoms with van der Waals surface area (Å²) in [6.45, 7) is 2.63. The molecular formula is C19H25NO2. The predicted molar refractivity (Wildman–Crippen MR) is 86.3 cm³/mol. The fraction of sp³-hybridized carbons (Fsp3) is 0.579. The summed E-state index contributed by atoms with van der Waals surface area (Å²) in [6, 6.07) is 10.2. The predicted octanol–water partition coefficient (Wildman–Crippen LogP) is 2.99. The molecule has 1 saturated heterocycles. The highest BCUT2D eigenvalue weighted by molar-refractivity contribution is 6.04. The number of amides is 1. The Morgan fingerprint density at radius 2 is 2.00 bits per heavy atom. The van der Waals surface area contributed by atoms with Crippen LogP contribution >= 0.6 is 0 Å². The van der Waals surface area contributed by atoms with Gasteiger partial charge in [-0.1, -0.05) is 56.5 Å². The Bertz CT molecular complexity index is 536. The molecular weight excluding hydrogens is 274 g/mol. The molecule has 1 amide bonds. The highest BCUT2D eigenvalue weighted by Crippen LogP contribution is 2.34. The standard InChI is InChI=1S/C19H25NO2/c1-13(10-14-8-5-9-14)18(21)17-16(12-20-19(17)22)11-15-6-3-2-4-7-15/h2-4,6-7,13-14,16-17H,5,8-12H2,1H3,(H,20,22)/t13-,16?,17-/m1/s1. The van der Waals surface area contributed by atoms with Crippen molar-refractivity contribution in [3.8, 4) is 0 Å². The molecule has 1 aromatic carbocycles. The average molecular weight is 299 g/mol. The highest BCUT2D eigenvalue weighted by Gasteiger charge is 2.41. The molecule has 3 rings (SSSR count). The van der Waals surface area contributed by atoms with E-state index in [0.29, 0.717) is 12.5 Å². The molecule has 1 saturated carbocycles. The van der Waals surface area contributed by atoms with Gasteiger partial charge in [-0.2, -0.15) is 0 Å². The zero-order valence-corrected chi connectivity index (χ0v) is 13.3. The van der Waals surface area contributed by atoms with Crippen LogP contribution in [0.25, 0.3) is 0 Å². The second-order valence-electron chi connectivity index (χ2n) is 7.01. The Morgan fingerprint density at radius 3 is 2.64 bits per heavy atom.